The van der Waals surface area contributed by atoms with Gasteiger partial charge in [0.1, 0.15) is 0 Å². The number of nitrogens with zero attached hydrogens (tertiary/aromatic N) is 1. The first-order chi connectivity index (χ1) is 10.9. The summed E-state index contributed by atoms with van der Waals surface area (Å²) < 4.78 is 0. The quantitative estimate of drug-likeness (QED) is 0.870. The highest BCUT2D eigenvalue weighted by molar-refractivity contribution is 7.14. The average Bonchev–Trinajstić information content (AvgIpc) is 2.95. The van der Waals surface area contributed by atoms with Crippen LogP contribution in [0.25, 0.3) is 11.3 Å². The Morgan fingerprint density at radius 1 is 1.04 bits per heavy atom. The van der Waals surface area contributed by atoms with Crippen LogP contribution in [0.2, 0.25) is 0 Å². The molecule has 0 unspecified atom stereocenters. The fourth-order valence-corrected chi connectivity index (χ4v) is 2.48. The van der Waals surface area contributed by atoms with E-state index in [1.165, 1.54) is 11.3 Å². The van der Waals surface area contributed by atoms with Gasteiger partial charge >= 0.3 is 0 Å². The van der Waals surface area contributed by atoms with Crippen molar-refractivity contribution in [3.63, 3.8) is 0 Å². The van der Waals surface area contributed by atoms with E-state index in [0.717, 1.165) is 16.9 Å². The Bertz CT molecular complexity index is 707. The monoisotopic (exact) mass is 331 g/mol. The van der Waals surface area contributed by atoms with Crippen molar-refractivity contribution in [3.05, 3.63) is 29.6 Å². The molecule has 2 rings (SSSR count). The van der Waals surface area contributed by atoms with Crippen LogP contribution in [0.1, 0.15) is 27.7 Å². The number of benzene rings is 1. The number of carbonyl (C=O) groups excluding carboxylic acids is 2. The molecule has 122 valence electrons. The lowest BCUT2D eigenvalue weighted by molar-refractivity contribution is -0.119. The molecule has 0 radical (unpaired) electrons. The molecular formula is C17H21N3O2S. The highest BCUT2D eigenvalue weighted by Crippen LogP contribution is 2.27. The molecule has 2 amide bonds. The van der Waals surface area contributed by atoms with Gasteiger partial charge in [-0.05, 0) is 12.1 Å². The molecule has 0 bridgehead atoms. The highest BCUT2D eigenvalue weighted by atomic mass is 32.1. The Morgan fingerprint density at radius 2 is 1.70 bits per heavy atom. The van der Waals surface area contributed by atoms with E-state index in [1.54, 1.807) is 0 Å². The summed E-state index contributed by atoms with van der Waals surface area (Å²) in [6.45, 7) is 7.38. The highest BCUT2D eigenvalue weighted by Gasteiger charge is 2.12. The zero-order chi connectivity index (χ0) is 17.0. The number of anilines is 2. The SMILES string of the molecule is CC(C)C(=O)Nc1cccc(-c2csc(NC(=O)C(C)C)n2)c1. The number of amides is 2. The second kappa shape index (κ2) is 7.37. The molecule has 0 atom stereocenters. The topological polar surface area (TPSA) is 71.1 Å². The molecule has 0 fully saturated rings. The Morgan fingerprint density at radius 3 is 2.35 bits per heavy atom. The van der Waals surface area contributed by atoms with Crippen LogP contribution in [0.3, 0.4) is 0 Å². The maximum Gasteiger partial charge on any atom is 0.228 e. The second-order valence-electron chi connectivity index (χ2n) is 5.91. The molecule has 1 heterocycles. The van der Waals surface area contributed by atoms with Crippen LogP contribution in [0, 0.1) is 11.8 Å². The maximum absolute atomic E-state index is 11.8. The van der Waals surface area contributed by atoms with Gasteiger partial charge in [0.15, 0.2) is 5.13 Å². The lowest BCUT2D eigenvalue weighted by Gasteiger charge is -2.08. The van der Waals surface area contributed by atoms with E-state index in [2.05, 4.69) is 15.6 Å². The van der Waals surface area contributed by atoms with E-state index in [0.29, 0.717) is 5.13 Å². The first kappa shape index (κ1) is 17.1. The number of rotatable bonds is 5. The Hall–Kier alpha value is -2.21. The molecule has 1 aromatic heterocycles. The molecule has 0 aliphatic carbocycles. The summed E-state index contributed by atoms with van der Waals surface area (Å²) in [5, 5.41) is 8.13. The Labute approximate surface area is 140 Å². The molecular weight excluding hydrogens is 310 g/mol. The van der Waals surface area contributed by atoms with Crippen molar-refractivity contribution in [3.8, 4) is 11.3 Å². The minimum Gasteiger partial charge on any atom is -0.326 e. The number of nitrogens with one attached hydrogen (secondary N) is 2. The van der Waals surface area contributed by atoms with Gasteiger partial charge in [0.2, 0.25) is 11.8 Å². The first-order valence-electron chi connectivity index (χ1n) is 7.54. The van der Waals surface area contributed by atoms with Gasteiger partial charge in [0, 0.05) is 28.5 Å². The molecule has 0 aliphatic heterocycles. The molecule has 0 aliphatic rings. The van der Waals surface area contributed by atoms with E-state index < -0.39 is 0 Å². The van der Waals surface area contributed by atoms with Crippen molar-refractivity contribution in [2.75, 3.05) is 10.6 Å². The summed E-state index contributed by atoms with van der Waals surface area (Å²) in [5.41, 5.74) is 2.41. The fraction of sp³-hybridized carbons (Fsp3) is 0.353. The predicted octanol–water partition coefficient (Wildman–Crippen LogP) is 4.00. The third kappa shape index (κ3) is 4.63. The van der Waals surface area contributed by atoms with Crippen molar-refractivity contribution in [2.45, 2.75) is 27.7 Å². The zero-order valence-corrected chi connectivity index (χ0v) is 14.5. The minimum atomic E-state index is -0.0862. The molecule has 2 aromatic rings. The smallest absolute Gasteiger partial charge is 0.228 e. The molecule has 0 saturated heterocycles. The summed E-state index contributed by atoms with van der Waals surface area (Å²) in [7, 11) is 0. The lowest BCUT2D eigenvalue weighted by atomic mass is 10.1. The van der Waals surface area contributed by atoms with Crippen molar-refractivity contribution in [1.82, 2.24) is 4.98 Å². The van der Waals surface area contributed by atoms with Gasteiger partial charge in [0.05, 0.1) is 5.69 Å². The standard InChI is InChI=1S/C17H21N3O2S/c1-10(2)15(21)18-13-7-5-6-12(8-13)14-9-23-17(19-14)20-16(22)11(3)4/h5-11H,1-4H3,(H,18,21)(H,19,20,22). The second-order valence-corrected chi connectivity index (χ2v) is 6.76. The van der Waals surface area contributed by atoms with Gasteiger partial charge in [-0.3, -0.25) is 9.59 Å². The molecule has 0 spiro atoms. The van der Waals surface area contributed by atoms with Crippen molar-refractivity contribution >= 4 is 34.0 Å². The van der Waals surface area contributed by atoms with Crippen molar-refractivity contribution in [2.24, 2.45) is 11.8 Å². The Kier molecular flexibility index (Phi) is 5.50. The van der Waals surface area contributed by atoms with Gasteiger partial charge in [0.25, 0.3) is 0 Å². The van der Waals surface area contributed by atoms with Crippen LogP contribution >= 0.6 is 11.3 Å². The van der Waals surface area contributed by atoms with E-state index in [-0.39, 0.29) is 23.7 Å². The van der Waals surface area contributed by atoms with E-state index in [1.807, 2.05) is 57.3 Å². The summed E-state index contributed by atoms with van der Waals surface area (Å²) in [6, 6.07) is 7.52. The largest absolute Gasteiger partial charge is 0.326 e. The first-order valence-corrected chi connectivity index (χ1v) is 8.42. The fourth-order valence-electron chi connectivity index (χ4n) is 1.76. The van der Waals surface area contributed by atoms with Gasteiger partial charge in [-0.1, -0.05) is 39.8 Å². The maximum atomic E-state index is 11.8. The zero-order valence-electron chi connectivity index (χ0n) is 13.7. The normalized spacial score (nSPS) is 10.9. The van der Waals surface area contributed by atoms with Crippen LogP contribution in [0.5, 0.6) is 0 Å². The van der Waals surface area contributed by atoms with Crippen LogP contribution < -0.4 is 10.6 Å². The molecule has 0 saturated carbocycles. The molecule has 1 aromatic carbocycles. The van der Waals surface area contributed by atoms with Gasteiger partial charge in [-0.25, -0.2) is 4.98 Å². The minimum absolute atomic E-state index is 0.0229. The number of carbonyl (C=O) groups is 2. The third-order valence-corrected chi connectivity index (χ3v) is 3.97. The van der Waals surface area contributed by atoms with Crippen LogP contribution in [0.4, 0.5) is 10.8 Å². The van der Waals surface area contributed by atoms with Gasteiger partial charge in [-0.15, -0.1) is 11.3 Å². The van der Waals surface area contributed by atoms with Gasteiger partial charge in [-0.2, -0.15) is 0 Å². The van der Waals surface area contributed by atoms with Crippen molar-refractivity contribution in [1.29, 1.82) is 0 Å². The van der Waals surface area contributed by atoms with E-state index in [9.17, 15) is 9.59 Å². The third-order valence-electron chi connectivity index (χ3n) is 3.21. The average molecular weight is 331 g/mol. The number of aromatic nitrogens is 1. The number of thiazole rings is 1. The molecule has 6 heteroatoms. The summed E-state index contributed by atoms with van der Waals surface area (Å²) in [6.07, 6.45) is 0. The molecule has 23 heavy (non-hydrogen) atoms. The van der Waals surface area contributed by atoms with E-state index in [4.69, 9.17) is 0 Å². The van der Waals surface area contributed by atoms with Crippen LogP contribution in [0.15, 0.2) is 29.6 Å². The van der Waals surface area contributed by atoms with Crippen LogP contribution in [-0.4, -0.2) is 16.8 Å². The predicted molar refractivity (Wildman–Crippen MR) is 94.5 cm³/mol. The number of hydrogen-bond acceptors (Lipinski definition) is 4. The summed E-state index contributed by atoms with van der Waals surface area (Å²) in [4.78, 5) is 27.9. The Balaban J connectivity index is 2.15. The lowest BCUT2D eigenvalue weighted by Crippen LogP contribution is -2.17. The summed E-state index contributed by atoms with van der Waals surface area (Å²) >= 11 is 1.38. The summed E-state index contributed by atoms with van der Waals surface area (Å²) in [5.74, 6) is -0.234. The molecule has 2 N–H and O–H groups in total. The van der Waals surface area contributed by atoms with Gasteiger partial charge < -0.3 is 10.6 Å². The number of hydrogen-bond donors (Lipinski definition) is 2. The molecule has 5 nitrogen and oxygen atoms in total. The van der Waals surface area contributed by atoms with Crippen molar-refractivity contribution < 1.29 is 9.59 Å². The van der Waals surface area contributed by atoms with E-state index >= 15 is 0 Å². The van der Waals surface area contributed by atoms with Crippen LogP contribution in [-0.2, 0) is 9.59 Å².